The minimum Gasteiger partial charge on any atom is -0.366 e. The van der Waals surface area contributed by atoms with E-state index in [-0.39, 0.29) is 5.91 Å². The lowest BCUT2D eigenvalue weighted by Crippen LogP contribution is -2.43. The van der Waals surface area contributed by atoms with E-state index >= 15 is 0 Å². The smallest absolute Gasteiger partial charge is 0.248 e. The fraction of sp³-hybridized carbons (Fsp3) is 0.588. The fourth-order valence-electron chi connectivity index (χ4n) is 4.13. The van der Waals surface area contributed by atoms with Gasteiger partial charge in [0, 0.05) is 17.6 Å². The Bertz CT molecular complexity index is 503. The normalized spacial score (nSPS) is 28.7. The molecule has 2 fully saturated rings. The molecule has 1 amide bonds. The topological polar surface area (TPSA) is 72.3 Å². The van der Waals surface area contributed by atoms with Crippen LogP contribution in [-0.4, -0.2) is 36.0 Å². The standard InChI is InChI=1S/C17H25N3O/c18-7-2-8-20-15-5-6-16(20)11-14(10-15)12-3-1-4-13(9-12)17(19)21/h1,3-4,9,14-16H,2,5-8,10-11,18H2,(H2,19,21)/t14?,15-,16+. The number of fused-ring (bicyclic) bond motifs is 2. The van der Waals surface area contributed by atoms with Gasteiger partial charge in [0.15, 0.2) is 0 Å². The molecule has 2 aliphatic heterocycles. The van der Waals surface area contributed by atoms with Crippen LogP contribution in [0.5, 0.6) is 0 Å². The maximum atomic E-state index is 11.3. The van der Waals surface area contributed by atoms with Crippen LogP contribution in [0.4, 0.5) is 0 Å². The second-order valence-electron chi connectivity index (χ2n) is 6.42. The van der Waals surface area contributed by atoms with E-state index in [1.54, 1.807) is 6.07 Å². The molecule has 1 aromatic carbocycles. The van der Waals surface area contributed by atoms with Gasteiger partial charge in [-0.25, -0.2) is 0 Å². The fourth-order valence-corrected chi connectivity index (χ4v) is 4.13. The zero-order valence-electron chi connectivity index (χ0n) is 12.5. The van der Waals surface area contributed by atoms with Crippen molar-refractivity contribution in [3.05, 3.63) is 35.4 Å². The Morgan fingerprint density at radius 1 is 1.24 bits per heavy atom. The minimum absolute atomic E-state index is 0.333. The number of nitrogens with two attached hydrogens (primary N) is 2. The number of carbonyl (C=O) groups excluding carboxylic acids is 1. The SMILES string of the molecule is NCCCN1[C@@H]2CC[C@H]1CC(c1cccc(C(N)=O)c1)C2. The number of nitrogens with zero attached hydrogens (tertiary/aromatic N) is 1. The Kier molecular flexibility index (Phi) is 4.27. The Morgan fingerprint density at radius 3 is 2.57 bits per heavy atom. The molecule has 2 heterocycles. The molecule has 1 aromatic rings. The lowest BCUT2D eigenvalue weighted by molar-refractivity contribution is 0.1000. The summed E-state index contributed by atoms with van der Waals surface area (Å²) >= 11 is 0. The molecule has 114 valence electrons. The van der Waals surface area contributed by atoms with Crippen LogP contribution in [0.25, 0.3) is 0 Å². The first-order chi connectivity index (χ1) is 10.2. The van der Waals surface area contributed by atoms with Crippen LogP contribution in [0.3, 0.4) is 0 Å². The highest BCUT2D eigenvalue weighted by Gasteiger charge is 2.40. The van der Waals surface area contributed by atoms with Crippen molar-refractivity contribution < 1.29 is 4.79 Å². The van der Waals surface area contributed by atoms with E-state index in [0.29, 0.717) is 23.6 Å². The first-order valence-electron chi connectivity index (χ1n) is 8.04. The van der Waals surface area contributed by atoms with Crippen LogP contribution in [-0.2, 0) is 0 Å². The highest BCUT2D eigenvalue weighted by molar-refractivity contribution is 5.92. The van der Waals surface area contributed by atoms with Gasteiger partial charge in [0.1, 0.15) is 0 Å². The minimum atomic E-state index is -0.333. The van der Waals surface area contributed by atoms with Gasteiger partial charge in [0.05, 0.1) is 0 Å². The van der Waals surface area contributed by atoms with Crippen LogP contribution in [0.15, 0.2) is 24.3 Å². The number of primary amides is 1. The van der Waals surface area contributed by atoms with Crippen molar-refractivity contribution in [2.24, 2.45) is 11.5 Å². The second kappa shape index (κ2) is 6.16. The lowest BCUT2D eigenvalue weighted by Gasteiger charge is -2.39. The van der Waals surface area contributed by atoms with E-state index < -0.39 is 0 Å². The maximum absolute atomic E-state index is 11.3. The van der Waals surface area contributed by atoms with Crippen molar-refractivity contribution in [2.45, 2.75) is 50.1 Å². The van der Waals surface area contributed by atoms with E-state index in [9.17, 15) is 4.79 Å². The highest BCUT2D eigenvalue weighted by atomic mass is 16.1. The zero-order valence-corrected chi connectivity index (χ0v) is 12.5. The summed E-state index contributed by atoms with van der Waals surface area (Å²) in [4.78, 5) is 14.0. The number of amides is 1. The van der Waals surface area contributed by atoms with Crippen molar-refractivity contribution in [3.63, 3.8) is 0 Å². The Balaban J connectivity index is 1.72. The molecule has 0 radical (unpaired) electrons. The molecular formula is C17H25N3O. The van der Waals surface area contributed by atoms with Gasteiger partial charge < -0.3 is 11.5 Å². The van der Waals surface area contributed by atoms with Crippen molar-refractivity contribution in [1.82, 2.24) is 4.90 Å². The third-order valence-electron chi connectivity index (χ3n) is 5.15. The Hall–Kier alpha value is -1.39. The van der Waals surface area contributed by atoms with E-state index in [1.807, 2.05) is 12.1 Å². The van der Waals surface area contributed by atoms with Crippen molar-refractivity contribution in [1.29, 1.82) is 0 Å². The molecule has 4 heteroatoms. The van der Waals surface area contributed by atoms with E-state index in [1.165, 1.54) is 31.2 Å². The number of rotatable bonds is 5. The summed E-state index contributed by atoms with van der Waals surface area (Å²) in [7, 11) is 0. The van der Waals surface area contributed by atoms with Crippen LogP contribution in [0.1, 0.15) is 53.9 Å². The van der Waals surface area contributed by atoms with Gasteiger partial charge in [0.2, 0.25) is 5.91 Å². The van der Waals surface area contributed by atoms with Gasteiger partial charge in [-0.05, 0) is 68.8 Å². The molecule has 0 aromatic heterocycles. The molecule has 0 aliphatic carbocycles. The van der Waals surface area contributed by atoms with Crippen molar-refractivity contribution in [3.8, 4) is 0 Å². The predicted molar refractivity (Wildman–Crippen MR) is 84.1 cm³/mol. The summed E-state index contributed by atoms with van der Waals surface area (Å²) in [6, 6.07) is 9.28. The van der Waals surface area contributed by atoms with Crippen molar-refractivity contribution >= 4 is 5.91 Å². The summed E-state index contributed by atoms with van der Waals surface area (Å²) in [5.41, 5.74) is 13.0. The van der Waals surface area contributed by atoms with Crippen LogP contribution >= 0.6 is 0 Å². The number of hydrogen-bond acceptors (Lipinski definition) is 3. The van der Waals surface area contributed by atoms with Crippen LogP contribution in [0, 0.1) is 0 Å². The summed E-state index contributed by atoms with van der Waals surface area (Å²) in [5.74, 6) is 0.233. The monoisotopic (exact) mass is 287 g/mol. The molecule has 0 spiro atoms. The van der Waals surface area contributed by atoms with Crippen LogP contribution < -0.4 is 11.5 Å². The van der Waals surface area contributed by atoms with E-state index in [0.717, 1.165) is 19.5 Å². The zero-order chi connectivity index (χ0) is 14.8. The average molecular weight is 287 g/mol. The number of piperidine rings is 1. The average Bonchev–Trinajstić information content (AvgIpc) is 2.73. The van der Waals surface area contributed by atoms with Gasteiger partial charge >= 0.3 is 0 Å². The molecule has 0 saturated carbocycles. The van der Waals surface area contributed by atoms with Gasteiger partial charge in [-0.3, -0.25) is 9.69 Å². The number of hydrogen-bond donors (Lipinski definition) is 2. The van der Waals surface area contributed by atoms with Gasteiger partial charge in [0.25, 0.3) is 0 Å². The summed E-state index contributed by atoms with van der Waals surface area (Å²) in [6.45, 7) is 1.92. The Labute approximate surface area is 126 Å². The summed E-state index contributed by atoms with van der Waals surface area (Å²) in [5, 5.41) is 0. The van der Waals surface area contributed by atoms with Gasteiger partial charge in [-0.2, -0.15) is 0 Å². The third kappa shape index (κ3) is 2.97. The lowest BCUT2D eigenvalue weighted by atomic mass is 9.84. The first-order valence-corrected chi connectivity index (χ1v) is 8.04. The first kappa shape index (κ1) is 14.5. The Morgan fingerprint density at radius 2 is 1.95 bits per heavy atom. The maximum Gasteiger partial charge on any atom is 0.248 e. The molecule has 3 atom stereocenters. The van der Waals surface area contributed by atoms with Crippen LogP contribution in [0.2, 0.25) is 0 Å². The highest BCUT2D eigenvalue weighted by Crippen LogP contribution is 2.43. The predicted octanol–water partition coefficient (Wildman–Crippen LogP) is 1.84. The number of carbonyl (C=O) groups is 1. The second-order valence-corrected chi connectivity index (χ2v) is 6.42. The molecule has 4 N–H and O–H groups in total. The summed E-state index contributed by atoms with van der Waals surface area (Å²) in [6.07, 6.45) is 6.10. The largest absolute Gasteiger partial charge is 0.366 e. The quantitative estimate of drug-likeness (QED) is 0.868. The molecule has 3 rings (SSSR count). The summed E-state index contributed by atoms with van der Waals surface area (Å²) < 4.78 is 0. The molecule has 2 saturated heterocycles. The van der Waals surface area contributed by atoms with Gasteiger partial charge in [-0.15, -0.1) is 0 Å². The molecule has 2 aliphatic rings. The van der Waals surface area contributed by atoms with E-state index in [2.05, 4.69) is 11.0 Å². The van der Waals surface area contributed by atoms with Gasteiger partial charge in [-0.1, -0.05) is 12.1 Å². The molecule has 4 nitrogen and oxygen atoms in total. The number of benzene rings is 1. The van der Waals surface area contributed by atoms with E-state index in [4.69, 9.17) is 11.5 Å². The molecule has 2 bridgehead atoms. The third-order valence-corrected chi connectivity index (χ3v) is 5.15. The molecule has 21 heavy (non-hydrogen) atoms. The molecular weight excluding hydrogens is 262 g/mol. The van der Waals surface area contributed by atoms with Crippen molar-refractivity contribution in [2.75, 3.05) is 13.1 Å². The molecule has 1 unspecified atom stereocenters.